The van der Waals surface area contributed by atoms with Gasteiger partial charge in [-0.2, -0.15) is 0 Å². The minimum Gasteiger partial charge on any atom is -0.490 e. The molecule has 13 heavy (non-hydrogen) atoms. The molecule has 0 saturated carbocycles. The van der Waals surface area contributed by atoms with E-state index >= 15 is 0 Å². The van der Waals surface area contributed by atoms with E-state index in [-0.39, 0.29) is 0 Å². The molecule has 0 atom stereocenters. The Morgan fingerprint density at radius 3 is 2.92 bits per heavy atom. The molecule has 2 nitrogen and oxygen atoms in total. The van der Waals surface area contributed by atoms with Crippen LogP contribution in [0.4, 0.5) is 5.69 Å². The molecule has 0 bridgehead atoms. The standard InChI is InChI=1S/C11H13NO/c1-2-8-6-10-11(7-9(8)3-1)13-5-4-12-10/h6-7,12H,1-5H2. The van der Waals surface area contributed by atoms with Gasteiger partial charge in [0.25, 0.3) is 0 Å². The predicted octanol–water partition coefficient (Wildman–Crippen LogP) is 1.98. The third-order valence-electron chi connectivity index (χ3n) is 2.87. The molecule has 1 aliphatic carbocycles. The summed E-state index contributed by atoms with van der Waals surface area (Å²) in [5.41, 5.74) is 4.19. The number of hydrogen-bond donors (Lipinski definition) is 1. The number of hydrogen-bond acceptors (Lipinski definition) is 2. The Bertz CT molecular complexity index is 313. The number of aryl methyl sites for hydroxylation is 2. The van der Waals surface area contributed by atoms with E-state index in [1.807, 2.05) is 0 Å². The van der Waals surface area contributed by atoms with Crippen LogP contribution < -0.4 is 10.1 Å². The van der Waals surface area contributed by atoms with Crippen LogP contribution in [0.5, 0.6) is 5.75 Å². The van der Waals surface area contributed by atoms with Crippen molar-refractivity contribution in [3.05, 3.63) is 23.3 Å². The van der Waals surface area contributed by atoms with Crippen molar-refractivity contribution in [2.75, 3.05) is 18.5 Å². The van der Waals surface area contributed by atoms with Crippen LogP contribution >= 0.6 is 0 Å². The van der Waals surface area contributed by atoms with Crippen molar-refractivity contribution in [2.24, 2.45) is 0 Å². The fraction of sp³-hybridized carbons (Fsp3) is 0.455. The van der Waals surface area contributed by atoms with E-state index in [2.05, 4.69) is 17.4 Å². The Morgan fingerprint density at radius 1 is 1.15 bits per heavy atom. The molecule has 1 heterocycles. The number of anilines is 1. The third kappa shape index (κ3) is 1.09. The maximum atomic E-state index is 5.59. The molecule has 0 aromatic heterocycles. The second-order valence-electron chi connectivity index (χ2n) is 3.75. The normalized spacial score (nSPS) is 18.5. The van der Waals surface area contributed by atoms with Crippen molar-refractivity contribution < 1.29 is 4.74 Å². The quantitative estimate of drug-likeness (QED) is 0.651. The second kappa shape index (κ2) is 2.66. The molecule has 68 valence electrons. The van der Waals surface area contributed by atoms with E-state index < -0.39 is 0 Å². The van der Waals surface area contributed by atoms with Gasteiger partial charge in [-0.1, -0.05) is 0 Å². The van der Waals surface area contributed by atoms with Crippen LogP contribution in [0, 0.1) is 0 Å². The molecule has 0 radical (unpaired) electrons. The topological polar surface area (TPSA) is 21.3 Å². The van der Waals surface area contributed by atoms with Crippen molar-refractivity contribution in [1.29, 1.82) is 0 Å². The van der Waals surface area contributed by atoms with E-state index in [4.69, 9.17) is 4.74 Å². The Hall–Kier alpha value is -1.18. The van der Waals surface area contributed by atoms with Gasteiger partial charge in [0, 0.05) is 6.54 Å². The highest BCUT2D eigenvalue weighted by atomic mass is 16.5. The third-order valence-corrected chi connectivity index (χ3v) is 2.87. The molecule has 0 unspecified atom stereocenters. The predicted molar refractivity (Wildman–Crippen MR) is 52.5 cm³/mol. The van der Waals surface area contributed by atoms with Gasteiger partial charge in [-0.15, -0.1) is 0 Å². The lowest BCUT2D eigenvalue weighted by Crippen LogP contribution is -2.18. The summed E-state index contributed by atoms with van der Waals surface area (Å²) in [6, 6.07) is 4.47. The lowest BCUT2D eigenvalue weighted by molar-refractivity contribution is 0.323. The van der Waals surface area contributed by atoms with E-state index in [0.717, 1.165) is 18.9 Å². The van der Waals surface area contributed by atoms with Crippen LogP contribution in [0.1, 0.15) is 17.5 Å². The first-order valence-corrected chi connectivity index (χ1v) is 4.96. The van der Waals surface area contributed by atoms with Gasteiger partial charge in [-0.05, 0) is 42.5 Å². The van der Waals surface area contributed by atoms with Crippen molar-refractivity contribution in [2.45, 2.75) is 19.3 Å². The Morgan fingerprint density at radius 2 is 2.00 bits per heavy atom. The van der Waals surface area contributed by atoms with Gasteiger partial charge >= 0.3 is 0 Å². The van der Waals surface area contributed by atoms with Gasteiger partial charge in [0.2, 0.25) is 0 Å². The van der Waals surface area contributed by atoms with Crippen LogP contribution in [0.15, 0.2) is 12.1 Å². The molecule has 1 aromatic carbocycles. The molecular formula is C11H13NO. The molecule has 1 aliphatic heterocycles. The molecule has 2 heteroatoms. The summed E-state index contributed by atoms with van der Waals surface area (Å²) in [5, 5.41) is 3.37. The minimum atomic E-state index is 0.797. The van der Waals surface area contributed by atoms with Gasteiger partial charge in [0.1, 0.15) is 12.4 Å². The fourth-order valence-electron chi connectivity index (χ4n) is 2.21. The number of fused-ring (bicyclic) bond motifs is 2. The molecule has 0 spiro atoms. The van der Waals surface area contributed by atoms with E-state index in [9.17, 15) is 0 Å². The molecule has 0 amide bonds. The molecule has 1 aromatic rings. The Balaban J connectivity index is 2.11. The summed E-state index contributed by atoms with van der Waals surface area (Å²) in [7, 11) is 0. The molecule has 1 N–H and O–H groups in total. The van der Waals surface area contributed by atoms with Crippen LogP contribution in [0.3, 0.4) is 0 Å². The van der Waals surface area contributed by atoms with Gasteiger partial charge in [-0.3, -0.25) is 0 Å². The first-order valence-electron chi connectivity index (χ1n) is 4.96. The highest BCUT2D eigenvalue weighted by Crippen LogP contribution is 2.34. The Kier molecular flexibility index (Phi) is 1.48. The van der Waals surface area contributed by atoms with Crippen molar-refractivity contribution in [1.82, 2.24) is 0 Å². The smallest absolute Gasteiger partial charge is 0.142 e. The number of rotatable bonds is 0. The first kappa shape index (κ1) is 7.25. The molecule has 2 aliphatic rings. The van der Waals surface area contributed by atoms with Crippen molar-refractivity contribution >= 4 is 5.69 Å². The van der Waals surface area contributed by atoms with E-state index in [1.165, 1.54) is 36.1 Å². The monoisotopic (exact) mass is 175 g/mol. The zero-order valence-corrected chi connectivity index (χ0v) is 7.60. The van der Waals surface area contributed by atoms with Gasteiger partial charge in [0.05, 0.1) is 5.69 Å². The molecule has 3 rings (SSSR count). The maximum absolute atomic E-state index is 5.59. The average Bonchev–Trinajstić information content (AvgIpc) is 2.61. The summed E-state index contributed by atoms with van der Waals surface area (Å²) in [4.78, 5) is 0. The SMILES string of the molecule is c1c2c(cc3c1NCCO3)CCC2. The molecule has 0 saturated heterocycles. The van der Waals surface area contributed by atoms with E-state index in [0.29, 0.717) is 0 Å². The lowest BCUT2D eigenvalue weighted by atomic mass is 10.1. The molecular weight excluding hydrogens is 162 g/mol. The summed E-state index contributed by atoms with van der Waals surface area (Å²) < 4.78 is 5.59. The van der Waals surface area contributed by atoms with Gasteiger partial charge < -0.3 is 10.1 Å². The highest BCUT2D eigenvalue weighted by Gasteiger charge is 2.17. The number of benzene rings is 1. The molecule has 0 fully saturated rings. The lowest BCUT2D eigenvalue weighted by Gasteiger charge is -2.20. The maximum Gasteiger partial charge on any atom is 0.142 e. The summed E-state index contributed by atoms with van der Waals surface area (Å²) in [6.07, 6.45) is 3.77. The summed E-state index contributed by atoms with van der Waals surface area (Å²) >= 11 is 0. The first-order chi connectivity index (χ1) is 6.43. The zero-order valence-electron chi connectivity index (χ0n) is 7.60. The average molecular weight is 175 g/mol. The second-order valence-corrected chi connectivity index (χ2v) is 3.75. The number of ether oxygens (including phenoxy) is 1. The van der Waals surface area contributed by atoms with Crippen LogP contribution in [0.2, 0.25) is 0 Å². The minimum absolute atomic E-state index is 0.797. The summed E-state index contributed by atoms with van der Waals surface area (Å²) in [5.74, 6) is 1.05. The Labute approximate surface area is 77.9 Å². The van der Waals surface area contributed by atoms with Crippen LogP contribution in [0.25, 0.3) is 0 Å². The van der Waals surface area contributed by atoms with E-state index in [1.54, 1.807) is 0 Å². The number of nitrogens with one attached hydrogen (secondary N) is 1. The van der Waals surface area contributed by atoms with Crippen LogP contribution in [-0.2, 0) is 12.8 Å². The van der Waals surface area contributed by atoms with Crippen molar-refractivity contribution in [3.63, 3.8) is 0 Å². The fourth-order valence-corrected chi connectivity index (χ4v) is 2.21. The summed E-state index contributed by atoms with van der Waals surface area (Å²) in [6.45, 7) is 1.73. The zero-order chi connectivity index (χ0) is 8.67. The van der Waals surface area contributed by atoms with Gasteiger partial charge in [-0.25, -0.2) is 0 Å². The van der Waals surface area contributed by atoms with Crippen molar-refractivity contribution in [3.8, 4) is 5.75 Å². The largest absolute Gasteiger partial charge is 0.490 e. The van der Waals surface area contributed by atoms with Gasteiger partial charge in [0.15, 0.2) is 0 Å². The van der Waals surface area contributed by atoms with Crippen LogP contribution in [-0.4, -0.2) is 13.2 Å². The highest BCUT2D eigenvalue weighted by molar-refractivity contribution is 5.62.